The largest absolute Gasteiger partial charge is 0.496 e. The van der Waals surface area contributed by atoms with Crippen LogP contribution in [0.25, 0.3) is 0 Å². The minimum atomic E-state index is -0.0903. The van der Waals surface area contributed by atoms with Crippen LogP contribution in [0.4, 0.5) is 0 Å². The third-order valence-electron chi connectivity index (χ3n) is 4.50. The smallest absolute Gasteiger partial charge is 0.255 e. The number of hydrogen-bond donors (Lipinski definition) is 2. The van der Waals surface area contributed by atoms with Gasteiger partial charge in [-0.15, -0.1) is 0 Å². The first-order valence-electron chi connectivity index (χ1n) is 9.14. The van der Waals surface area contributed by atoms with Crippen LogP contribution in [0.5, 0.6) is 11.5 Å². The standard InChI is InChI=1S/C21H26N2O3/c1-25-20-11-5-3-9-18(20)21(24)23-13-7-6-12-22-15-17-14-16-8-2-4-10-19(16)26-17/h2-5,8-11,17,22H,6-7,12-15H2,1H3,(H,23,24). The lowest BCUT2D eigenvalue weighted by Gasteiger charge is -2.12. The lowest BCUT2D eigenvalue weighted by Crippen LogP contribution is -2.31. The van der Waals surface area contributed by atoms with Crippen molar-refractivity contribution in [3.05, 3.63) is 59.7 Å². The lowest BCUT2D eigenvalue weighted by molar-refractivity contribution is 0.0950. The van der Waals surface area contributed by atoms with Gasteiger partial charge in [0.05, 0.1) is 12.7 Å². The SMILES string of the molecule is COc1ccccc1C(=O)NCCCCNCC1Cc2ccccc2O1. The molecular weight excluding hydrogens is 328 g/mol. The van der Waals surface area contributed by atoms with E-state index in [0.29, 0.717) is 17.9 Å². The summed E-state index contributed by atoms with van der Waals surface area (Å²) in [6, 6.07) is 15.5. The topological polar surface area (TPSA) is 59.6 Å². The van der Waals surface area contributed by atoms with Gasteiger partial charge in [0.25, 0.3) is 5.91 Å². The van der Waals surface area contributed by atoms with E-state index in [-0.39, 0.29) is 12.0 Å². The van der Waals surface area contributed by atoms with Crippen LogP contribution in [0.1, 0.15) is 28.8 Å². The second-order valence-corrected chi connectivity index (χ2v) is 6.42. The summed E-state index contributed by atoms with van der Waals surface area (Å²) in [5, 5.41) is 6.39. The van der Waals surface area contributed by atoms with Gasteiger partial charge in [-0.3, -0.25) is 4.79 Å². The van der Waals surface area contributed by atoms with E-state index in [2.05, 4.69) is 22.8 Å². The Morgan fingerprint density at radius 2 is 1.88 bits per heavy atom. The van der Waals surface area contributed by atoms with Crippen LogP contribution in [0, 0.1) is 0 Å². The summed E-state index contributed by atoms with van der Waals surface area (Å²) in [6.07, 6.45) is 3.13. The summed E-state index contributed by atoms with van der Waals surface area (Å²) in [6.45, 7) is 2.42. The number of carbonyl (C=O) groups excluding carboxylic acids is 1. The molecule has 1 aliphatic rings. The Balaban J connectivity index is 1.27. The van der Waals surface area contributed by atoms with E-state index in [1.807, 2.05) is 24.3 Å². The molecule has 138 valence electrons. The molecule has 5 heteroatoms. The number of hydrogen-bond acceptors (Lipinski definition) is 4. The summed E-state index contributed by atoms with van der Waals surface area (Å²) in [7, 11) is 1.57. The Morgan fingerprint density at radius 1 is 1.12 bits per heavy atom. The van der Waals surface area contributed by atoms with Crippen molar-refractivity contribution in [1.82, 2.24) is 10.6 Å². The fourth-order valence-electron chi connectivity index (χ4n) is 3.14. The van der Waals surface area contributed by atoms with Crippen molar-refractivity contribution in [1.29, 1.82) is 0 Å². The predicted molar refractivity (Wildman–Crippen MR) is 102 cm³/mol. The van der Waals surface area contributed by atoms with Crippen molar-refractivity contribution < 1.29 is 14.3 Å². The number of para-hydroxylation sites is 2. The third kappa shape index (κ3) is 4.76. The number of methoxy groups -OCH3 is 1. The molecule has 0 saturated heterocycles. The molecule has 2 N–H and O–H groups in total. The van der Waals surface area contributed by atoms with E-state index in [4.69, 9.17) is 9.47 Å². The predicted octanol–water partition coefficient (Wildman–Crippen LogP) is 2.80. The van der Waals surface area contributed by atoms with E-state index in [1.165, 1.54) is 5.56 Å². The quantitative estimate of drug-likeness (QED) is 0.680. The van der Waals surface area contributed by atoms with Gasteiger partial charge in [0.15, 0.2) is 0 Å². The summed E-state index contributed by atoms with van der Waals surface area (Å²) < 4.78 is 11.1. The highest BCUT2D eigenvalue weighted by molar-refractivity contribution is 5.96. The second kappa shape index (κ2) is 9.25. The first-order chi connectivity index (χ1) is 12.8. The van der Waals surface area contributed by atoms with Crippen LogP contribution in [-0.2, 0) is 6.42 Å². The van der Waals surface area contributed by atoms with Gasteiger partial charge in [0, 0.05) is 19.5 Å². The van der Waals surface area contributed by atoms with Crippen molar-refractivity contribution in [2.24, 2.45) is 0 Å². The summed E-state index contributed by atoms with van der Waals surface area (Å²) in [5.74, 6) is 1.52. The molecule has 1 atom stereocenters. The highest BCUT2D eigenvalue weighted by Crippen LogP contribution is 2.27. The van der Waals surface area contributed by atoms with Gasteiger partial charge in [-0.1, -0.05) is 30.3 Å². The zero-order chi connectivity index (χ0) is 18.2. The zero-order valence-electron chi connectivity index (χ0n) is 15.2. The molecule has 1 heterocycles. The molecular formula is C21H26N2O3. The molecule has 2 aromatic carbocycles. The summed E-state index contributed by atoms with van der Waals surface area (Å²) in [5.41, 5.74) is 1.87. The fraction of sp³-hybridized carbons (Fsp3) is 0.381. The molecule has 0 radical (unpaired) electrons. The average molecular weight is 354 g/mol. The van der Waals surface area contributed by atoms with Crippen LogP contribution in [-0.4, -0.2) is 38.8 Å². The normalized spacial score (nSPS) is 15.2. The van der Waals surface area contributed by atoms with Crippen molar-refractivity contribution in [2.45, 2.75) is 25.4 Å². The van der Waals surface area contributed by atoms with E-state index in [0.717, 1.165) is 38.1 Å². The number of amides is 1. The number of ether oxygens (including phenoxy) is 2. The minimum absolute atomic E-state index is 0.0903. The van der Waals surface area contributed by atoms with E-state index in [1.54, 1.807) is 19.2 Å². The maximum atomic E-state index is 12.2. The Kier molecular flexibility index (Phi) is 6.50. The molecule has 0 fully saturated rings. The van der Waals surface area contributed by atoms with Gasteiger partial charge < -0.3 is 20.1 Å². The molecule has 0 saturated carbocycles. The van der Waals surface area contributed by atoms with Crippen LogP contribution in [0.3, 0.4) is 0 Å². The van der Waals surface area contributed by atoms with Crippen LogP contribution in [0.15, 0.2) is 48.5 Å². The number of carbonyl (C=O) groups is 1. The summed E-state index contributed by atoms with van der Waals surface area (Å²) >= 11 is 0. The third-order valence-corrected chi connectivity index (χ3v) is 4.50. The van der Waals surface area contributed by atoms with Crippen molar-refractivity contribution in [3.63, 3.8) is 0 Å². The first-order valence-corrected chi connectivity index (χ1v) is 9.14. The van der Waals surface area contributed by atoms with Crippen molar-refractivity contribution >= 4 is 5.91 Å². The molecule has 0 aliphatic carbocycles. The maximum Gasteiger partial charge on any atom is 0.255 e. The Hall–Kier alpha value is -2.53. The molecule has 1 unspecified atom stereocenters. The molecule has 0 spiro atoms. The van der Waals surface area contributed by atoms with Gasteiger partial charge in [0.2, 0.25) is 0 Å². The molecule has 1 amide bonds. The van der Waals surface area contributed by atoms with Gasteiger partial charge in [-0.05, 0) is 43.1 Å². The Bertz CT molecular complexity index is 708. The van der Waals surface area contributed by atoms with Gasteiger partial charge in [-0.25, -0.2) is 0 Å². The molecule has 26 heavy (non-hydrogen) atoms. The monoisotopic (exact) mass is 354 g/mol. The molecule has 1 aliphatic heterocycles. The maximum absolute atomic E-state index is 12.2. The molecule has 2 aromatic rings. The fourth-order valence-corrected chi connectivity index (χ4v) is 3.14. The van der Waals surface area contributed by atoms with Crippen molar-refractivity contribution in [3.8, 4) is 11.5 Å². The highest BCUT2D eigenvalue weighted by Gasteiger charge is 2.21. The van der Waals surface area contributed by atoms with E-state index in [9.17, 15) is 4.79 Å². The first kappa shape index (κ1) is 18.3. The second-order valence-electron chi connectivity index (χ2n) is 6.42. The van der Waals surface area contributed by atoms with Crippen LogP contribution < -0.4 is 20.1 Å². The van der Waals surface area contributed by atoms with Gasteiger partial charge in [-0.2, -0.15) is 0 Å². The lowest BCUT2D eigenvalue weighted by atomic mass is 10.1. The highest BCUT2D eigenvalue weighted by atomic mass is 16.5. The zero-order valence-corrected chi connectivity index (χ0v) is 15.2. The van der Waals surface area contributed by atoms with Crippen LogP contribution in [0.2, 0.25) is 0 Å². The number of unbranched alkanes of at least 4 members (excludes halogenated alkanes) is 1. The number of rotatable bonds is 9. The Morgan fingerprint density at radius 3 is 2.73 bits per heavy atom. The van der Waals surface area contributed by atoms with Gasteiger partial charge in [0.1, 0.15) is 17.6 Å². The number of fused-ring (bicyclic) bond motifs is 1. The molecule has 3 rings (SSSR count). The van der Waals surface area contributed by atoms with E-state index >= 15 is 0 Å². The van der Waals surface area contributed by atoms with E-state index < -0.39 is 0 Å². The minimum Gasteiger partial charge on any atom is -0.496 e. The van der Waals surface area contributed by atoms with Gasteiger partial charge >= 0.3 is 0 Å². The van der Waals surface area contributed by atoms with Crippen LogP contribution >= 0.6 is 0 Å². The average Bonchev–Trinajstić information content (AvgIpc) is 3.09. The molecule has 0 bridgehead atoms. The van der Waals surface area contributed by atoms with Crippen molar-refractivity contribution in [2.75, 3.05) is 26.7 Å². The molecule has 5 nitrogen and oxygen atoms in total. The number of benzene rings is 2. The number of nitrogens with one attached hydrogen (secondary N) is 2. The summed E-state index contributed by atoms with van der Waals surface area (Å²) in [4.78, 5) is 12.2. The molecule has 0 aromatic heterocycles. The Labute approximate surface area is 154 Å².